The molecule has 1 aliphatic rings. The summed E-state index contributed by atoms with van der Waals surface area (Å²) in [6, 6.07) is 14.3. The Kier molecular flexibility index (Phi) is 7.95. The highest BCUT2D eigenvalue weighted by atomic mass is 19.1. The molecule has 0 radical (unpaired) electrons. The van der Waals surface area contributed by atoms with Crippen molar-refractivity contribution in [3.8, 4) is 0 Å². The molecule has 168 valence electrons. The van der Waals surface area contributed by atoms with E-state index in [2.05, 4.69) is 18.7 Å². The molecule has 1 atom stereocenters. The minimum Gasteiger partial charge on any atom is -0.503 e. The lowest BCUT2D eigenvalue weighted by atomic mass is 9.95. The van der Waals surface area contributed by atoms with Crippen LogP contribution in [0.5, 0.6) is 0 Å². The summed E-state index contributed by atoms with van der Waals surface area (Å²) in [5.74, 6) is -2.29. The van der Waals surface area contributed by atoms with Crippen molar-refractivity contribution < 1.29 is 19.1 Å². The van der Waals surface area contributed by atoms with Crippen molar-refractivity contribution in [1.29, 1.82) is 0 Å². The summed E-state index contributed by atoms with van der Waals surface area (Å²) in [6.07, 6.45) is 3.59. The average molecular weight is 437 g/mol. The molecule has 0 bridgehead atoms. The molecule has 5 nitrogen and oxygen atoms in total. The monoisotopic (exact) mass is 436 g/mol. The Morgan fingerprint density at radius 2 is 1.75 bits per heavy atom. The maximum Gasteiger partial charge on any atom is 0.290 e. The second-order valence-electron chi connectivity index (χ2n) is 7.67. The van der Waals surface area contributed by atoms with Gasteiger partial charge in [-0.3, -0.25) is 9.59 Å². The molecule has 0 spiro atoms. The molecule has 2 aromatic rings. The van der Waals surface area contributed by atoms with Crippen molar-refractivity contribution in [3.63, 3.8) is 0 Å². The summed E-state index contributed by atoms with van der Waals surface area (Å²) in [5, 5.41) is 10.6. The van der Waals surface area contributed by atoms with Crippen LogP contribution in [0.2, 0.25) is 0 Å². The number of aliphatic hydroxyl groups is 1. The third-order valence-corrected chi connectivity index (χ3v) is 5.76. The summed E-state index contributed by atoms with van der Waals surface area (Å²) < 4.78 is 14.7. The number of hydrogen-bond donors (Lipinski definition) is 1. The summed E-state index contributed by atoms with van der Waals surface area (Å²) >= 11 is 0. The van der Waals surface area contributed by atoms with Crippen LogP contribution in [0, 0.1) is 5.82 Å². The van der Waals surface area contributed by atoms with Crippen LogP contribution in [0.1, 0.15) is 37.4 Å². The molecule has 1 N–H and O–H groups in total. The normalized spacial score (nSPS) is 16.6. The van der Waals surface area contributed by atoms with E-state index in [0.29, 0.717) is 13.0 Å². The van der Waals surface area contributed by atoms with Crippen LogP contribution in [-0.2, 0) is 9.59 Å². The lowest BCUT2D eigenvalue weighted by molar-refractivity contribution is -0.129. The summed E-state index contributed by atoms with van der Waals surface area (Å²) in [5.41, 5.74) is 0.920. The van der Waals surface area contributed by atoms with Crippen LogP contribution in [-0.4, -0.2) is 52.8 Å². The van der Waals surface area contributed by atoms with Gasteiger partial charge >= 0.3 is 0 Å². The molecule has 1 heterocycles. The lowest BCUT2D eigenvalue weighted by Crippen LogP contribution is -2.34. The van der Waals surface area contributed by atoms with E-state index in [-0.39, 0.29) is 11.1 Å². The van der Waals surface area contributed by atoms with Crippen molar-refractivity contribution in [2.24, 2.45) is 0 Å². The Balaban J connectivity index is 1.91. The summed E-state index contributed by atoms with van der Waals surface area (Å²) in [4.78, 5) is 29.6. The molecule has 1 aliphatic heterocycles. The number of allylic oxidation sites excluding steroid dienone is 1. The Morgan fingerprint density at radius 1 is 1.09 bits per heavy atom. The van der Waals surface area contributed by atoms with Crippen LogP contribution in [0.4, 0.5) is 4.39 Å². The first-order chi connectivity index (χ1) is 15.5. The second-order valence-corrected chi connectivity index (χ2v) is 7.67. The number of carbonyl (C=O) groups excluding carboxylic acids is 2. The van der Waals surface area contributed by atoms with E-state index in [1.807, 2.05) is 30.3 Å². The lowest BCUT2D eigenvalue weighted by Gasteiger charge is -2.28. The third kappa shape index (κ3) is 5.14. The molecule has 0 fully saturated rings. The topological polar surface area (TPSA) is 60.9 Å². The smallest absolute Gasteiger partial charge is 0.290 e. The van der Waals surface area contributed by atoms with Gasteiger partial charge in [-0.2, -0.15) is 0 Å². The van der Waals surface area contributed by atoms with Crippen LogP contribution in [0.25, 0.3) is 6.08 Å². The number of benzene rings is 2. The molecular weight excluding hydrogens is 407 g/mol. The number of amides is 1. The molecule has 3 rings (SSSR count). The first-order valence-corrected chi connectivity index (χ1v) is 11.0. The predicted molar refractivity (Wildman–Crippen MR) is 123 cm³/mol. The molecule has 1 unspecified atom stereocenters. The van der Waals surface area contributed by atoms with E-state index in [1.165, 1.54) is 17.0 Å². The number of ketones is 1. The number of hydrogen-bond acceptors (Lipinski definition) is 4. The van der Waals surface area contributed by atoms with Gasteiger partial charge in [0.1, 0.15) is 5.82 Å². The molecule has 32 heavy (non-hydrogen) atoms. The maximum atomic E-state index is 14.7. The zero-order chi connectivity index (χ0) is 23.1. The molecule has 6 heteroatoms. The van der Waals surface area contributed by atoms with E-state index in [4.69, 9.17) is 0 Å². The number of halogens is 1. The molecule has 0 saturated carbocycles. The molecule has 0 aromatic heterocycles. The summed E-state index contributed by atoms with van der Waals surface area (Å²) in [7, 11) is 0. The maximum absolute atomic E-state index is 14.7. The first kappa shape index (κ1) is 23.4. The highest BCUT2D eigenvalue weighted by Gasteiger charge is 2.43. The van der Waals surface area contributed by atoms with Crippen LogP contribution in [0.3, 0.4) is 0 Å². The van der Waals surface area contributed by atoms with Gasteiger partial charge in [0.15, 0.2) is 11.5 Å². The largest absolute Gasteiger partial charge is 0.503 e. The van der Waals surface area contributed by atoms with Gasteiger partial charge in [0.25, 0.3) is 5.91 Å². The Labute approximate surface area is 188 Å². The van der Waals surface area contributed by atoms with E-state index >= 15 is 0 Å². The van der Waals surface area contributed by atoms with Crippen molar-refractivity contribution in [1.82, 2.24) is 9.80 Å². The Morgan fingerprint density at radius 3 is 2.41 bits per heavy atom. The van der Waals surface area contributed by atoms with Gasteiger partial charge in [0, 0.05) is 12.1 Å². The number of aliphatic hydroxyl groups excluding tert-OH is 1. The minimum atomic E-state index is -0.965. The molecular formula is C26H29FN2O3. The average Bonchev–Trinajstić information content (AvgIpc) is 3.06. The first-order valence-electron chi connectivity index (χ1n) is 11.0. The van der Waals surface area contributed by atoms with Gasteiger partial charge in [0.05, 0.1) is 11.6 Å². The van der Waals surface area contributed by atoms with Crippen LogP contribution >= 0.6 is 0 Å². The second kappa shape index (κ2) is 10.9. The van der Waals surface area contributed by atoms with Gasteiger partial charge in [-0.15, -0.1) is 0 Å². The van der Waals surface area contributed by atoms with E-state index < -0.39 is 29.3 Å². The Hall–Kier alpha value is -3.25. The van der Waals surface area contributed by atoms with E-state index in [1.54, 1.807) is 24.3 Å². The highest BCUT2D eigenvalue weighted by Crippen LogP contribution is 2.39. The molecule has 0 aliphatic carbocycles. The number of nitrogens with zero attached hydrogens (tertiary/aromatic N) is 2. The summed E-state index contributed by atoms with van der Waals surface area (Å²) in [6.45, 7) is 6.97. The zero-order valence-electron chi connectivity index (χ0n) is 18.5. The van der Waals surface area contributed by atoms with E-state index in [0.717, 1.165) is 25.2 Å². The van der Waals surface area contributed by atoms with Crippen molar-refractivity contribution in [3.05, 3.63) is 88.9 Å². The van der Waals surface area contributed by atoms with Crippen molar-refractivity contribution >= 4 is 17.8 Å². The predicted octanol–water partition coefficient (Wildman–Crippen LogP) is 4.54. The van der Waals surface area contributed by atoms with Gasteiger partial charge in [-0.1, -0.05) is 68.5 Å². The fourth-order valence-corrected chi connectivity index (χ4v) is 3.99. The van der Waals surface area contributed by atoms with Gasteiger partial charge in [-0.05, 0) is 43.8 Å². The molecule has 2 aromatic carbocycles. The Bertz CT molecular complexity index is 1010. The fraction of sp³-hybridized carbons (Fsp3) is 0.308. The van der Waals surface area contributed by atoms with Gasteiger partial charge in [-0.25, -0.2) is 4.39 Å². The highest BCUT2D eigenvalue weighted by molar-refractivity contribution is 6.14. The molecule has 0 saturated heterocycles. The third-order valence-electron chi connectivity index (χ3n) is 5.76. The van der Waals surface area contributed by atoms with Crippen LogP contribution < -0.4 is 0 Å². The standard InChI is InChI=1S/C26H29FN2O3/c1-3-28(4-2)17-10-18-29-24(20-13-8-9-14-21(20)27)23(25(31)26(29)32)22(30)16-15-19-11-6-5-7-12-19/h5-9,11-16,24,31H,3-4,10,17-18H2,1-2H3. The number of carbonyl (C=O) groups is 2. The SMILES string of the molecule is CCN(CC)CCCN1C(=O)C(O)=C(C(=O)C=Cc2ccccc2)C1c1ccccc1F. The van der Waals surface area contributed by atoms with Gasteiger partial charge < -0.3 is 14.9 Å². The van der Waals surface area contributed by atoms with E-state index in [9.17, 15) is 19.1 Å². The zero-order valence-corrected chi connectivity index (χ0v) is 18.5. The quantitative estimate of drug-likeness (QED) is 0.556. The van der Waals surface area contributed by atoms with Crippen LogP contribution in [0.15, 0.2) is 72.0 Å². The number of rotatable bonds is 10. The van der Waals surface area contributed by atoms with Crippen molar-refractivity contribution in [2.45, 2.75) is 26.3 Å². The van der Waals surface area contributed by atoms with Gasteiger partial charge in [0.2, 0.25) is 0 Å². The fourth-order valence-electron chi connectivity index (χ4n) is 3.99. The van der Waals surface area contributed by atoms with Crippen molar-refractivity contribution in [2.75, 3.05) is 26.2 Å². The molecule has 1 amide bonds. The minimum absolute atomic E-state index is 0.0879.